The number of nitrogens with two attached hydrogens (primary N) is 2. The number of fused-ring (bicyclic) bond motifs is 1. The number of nitrogen functional groups attached to an aromatic ring is 2. The molecule has 0 atom stereocenters. The second kappa shape index (κ2) is 5.83. The van der Waals surface area contributed by atoms with Crippen molar-refractivity contribution in [1.82, 2.24) is 15.0 Å². The molecule has 0 unspecified atom stereocenters. The standard InChI is InChI=1S/C19H14FN5/c20-14-6-2-1-4-12(14)16-10-13(11-5-3-8-24-19(11)25-16)18-17(22)15(21)7-9-23-18/h1-10H,22H2,(H2,21,23). The van der Waals surface area contributed by atoms with Gasteiger partial charge in [0, 0.05) is 28.9 Å². The normalized spacial score (nSPS) is 10.9. The van der Waals surface area contributed by atoms with Crippen molar-refractivity contribution in [2.45, 2.75) is 0 Å². The summed E-state index contributed by atoms with van der Waals surface area (Å²) in [6.45, 7) is 0. The van der Waals surface area contributed by atoms with Crippen molar-refractivity contribution in [3.05, 3.63) is 66.7 Å². The van der Waals surface area contributed by atoms with Crippen LogP contribution in [0.25, 0.3) is 33.5 Å². The Morgan fingerprint density at radius 1 is 0.840 bits per heavy atom. The first kappa shape index (κ1) is 15.0. The molecule has 0 fully saturated rings. The van der Waals surface area contributed by atoms with Gasteiger partial charge in [0.2, 0.25) is 0 Å². The Bertz CT molecular complexity index is 1090. The van der Waals surface area contributed by atoms with Crippen LogP contribution in [0.1, 0.15) is 0 Å². The van der Waals surface area contributed by atoms with Crippen LogP contribution in [0.4, 0.5) is 15.8 Å². The number of rotatable bonds is 2. The lowest BCUT2D eigenvalue weighted by Crippen LogP contribution is -2.01. The molecule has 4 rings (SSSR count). The zero-order valence-corrected chi connectivity index (χ0v) is 13.1. The van der Waals surface area contributed by atoms with Gasteiger partial charge >= 0.3 is 0 Å². The SMILES string of the molecule is Nc1ccnc(-c2cc(-c3ccccc3F)nc3ncccc23)c1N. The van der Waals surface area contributed by atoms with Gasteiger partial charge in [-0.2, -0.15) is 0 Å². The number of hydrogen-bond acceptors (Lipinski definition) is 5. The van der Waals surface area contributed by atoms with Crippen LogP contribution in [0.15, 0.2) is 60.9 Å². The molecule has 0 amide bonds. The van der Waals surface area contributed by atoms with Gasteiger partial charge in [-0.05, 0) is 36.4 Å². The van der Waals surface area contributed by atoms with Crippen molar-refractivity contribution >= 4 is 22.4 Å². The van der Waals surface area contributed by atoms with Crippen LogP contribution in [0.5, 0.6) is 0 Å². The minimum atomic E-state index is -0.357. The van der Waals surface area contributed by atoms with Gasteiger partial charge in [0.1, 0.15) is 5.82 Å². The number of nitrogens with zero attached hydrogens (tertiary/aromatic N) is 3. The molecule has 6 heteroatoms. The number of hydrogen-bond donors (Lipinski definition) is 2. The smallest absolute Gasteiger partial charge is 0.160 e. The van der Waals surface area contributed by atoms with E-state index in [0.717, 1.165) is 5.39 Å². The second-order valence-corrected chi connectivity index (χ2v) is 5.57. The molecular weight excluding hydrogens is 317 g/mol. The van der Waals surface area contributed by atoms with Gasteiger partial charge in [0.05, 0.1) is 22.8 Å². The second-order valence-electron chi connectivity index (χ2n) is 5.57. The van der Waals surface area contributed by atoms with E-state index < -0.39 is 0 Å². The summed E-state index contributed by atoms with van der Waals surface area (Å²) in [7, 11) is 0. The van der Waals surface area contributed by atoms with Gasteiger partial charge in [0.25, 0.3) is 0 Å². The lowest BCUT2D eigenvalue weighted by Gasteiger charge is -2.12. The Kier molecular flexibility index (Phi) is 3.50. The van der Waals surface area contributed by atoms with Gasteiger partial charge in [0.15, 0.2) is 5.65 Å². The first-order valence-corrected chi connectivity index (χ1v) is 7.66. The van der Waals surface area contributed by atoms with Crippen LogP contribution in [0.3, 0.4) is 0 Å². The summed E-state index contributed by atoms with van der Waals surface area (Å²) in [4.78, 5) is 13.2. The van der Waals surface area contributed by atoms with E-state index in [1.807, 2.05) is 6.07 Å². The summed E-state index contributed by atoms with van der Waals surface area (Å²) in [5.41, 5.74) is 15.4. The highest BCUT2D eigenvalue weighted by Crippen LogP contribution is 2.35. The maximum Gasteiger partial charge on any atom is 0.160 e. The van der Waals surface area contributed by atoms with Crippen molar-refractivity contribution in [2.75, 3.05) is 11.5 Å². The number of halogens is 1. The molecule has 0 bridgehead atoms. The topological polar surface area (TPSA) is 90.7 Å². The molecule has 5 nitrogen and oxygen atoms in total. The molecule has 25 heavy (non-hydrogen) atoms. The Balaban J connectivity index is 2.07. The molecule has 0 aliphatic heterocycles. The van der Waals surface area contributed by atoms with Crippen LogP contribution in [-0.2, 0) is 0 Å². The summed E-state index contributed by atoms with van der Waals surface area (Å²) in [5.74, 6) is -0.357. The number of anilines is 2. The molecule has 0 saturated carbocycles. The number of pyridine rings is 3. The molecule has 0 radical (unpaired) electrons. The summed E-state index contributed by atoms with van der Waals surface area (Å²) in [5, 5.41) is 0.771. The zero-order valence-electron chi connectivity index (χ0n) is 13.1. The number of benzene rings is 1. The van der Waals surface area contributed by atoms with Crippen molar-refractivity contribution in [1.29, 1.82) is 0 Å². The van der Waals surface area contributed by atoms with Gasteiger partial charge in [-0.3, -0.25) is 4.98 Å². The Morgan fingerprint density at radius 2 is 1.68 bits per heavy atom. The van der Waals surface area contributed by atoms with Crippen LogP contribution < -0.4 is 11.5 Å². The fourth-order valence-electron chi connectivity index (χ4n) is 2.76. The largest absolute Gasteiger partial charge is 0.397 e. The van der Waals surface area contributed by atoms with Crippen molar-refractivity contribution in [2.24, 2.45) is 0 Å². The minimum Gasteiger partial charge on any atom is -0.397 e. The van der Waals surface area contributed by atoms with E-state index in [9.17, 15) is 4.39 Å². The third-order valence-electron chi connectivity index (χ3n) is 4.01. The Labute approximate surface area is 143 Å². The number of aromatic nitrogens is 3. The monoisotopic (exact) mass is 331 g/mol. The van der Waals surface area contributed by atoms with E-state index in [2.05, 4.69) is 15.0 Å². The quantitative estimate of drug-likeness (QED) is 0.585. The first-order valence-electron chi connectivity index (χ1n) is 7.66. The highest BCUT2D eigenvalue weighted by Gasteiger charge is 2.15. The molecule has 4 N–H and O–H groups in total. The molecule has 3 aromatic heterocycles. The highest BCUT2D eigenvalue weighted by atomic mass is 19.1. The lowest BCUT2D eigenvalue weighted by molar-refractivity contribution is 0.631. The average Bonchev–Trinajstić information content (AvgIpc) is 2.63. The molecule has 0 aliphatic rings. The van der Waals surface area contributed by atoms with Crippen molar-refractivity contribution in [3.63, 3.8) is 0 Å². The summed E-state index contributed by atoms with van der Waals surface area (Å²) in [6, 6.07) is 13.5. The van der Waals surface area contributed by atoms with Gasteiger partial charge < -0.3 is 11.5 Å². The van der Waals surface area contributed by atoms with Crippen LogP contribution in [0, 0.1) is 5.82 Å². The fourth-order valence-corrected chi connectivity index (χ4v) is 2.76. The van der Waals surface area contributed by atoms with Crippen LogP contribution >= 0.6 is 0 Å². The van der Waals surface area contributed by atoms with E-state index >= 15 is 0 Å². The van der Waals surface area contributed by atoms with Gasteiger partial charge in [-0.15, -0.1) is 0 Å². The molecule has 4 aromatic rings. The van der Waals surface area contributed by atoms with Crippen LogP contribution in [0.2, 0.25) is 0 Å². The maximum absolute atomic E-state index is 14.2. The van der Waals surface area contributed by atoms with E-state index in [1.54, 1.807) is 48.8 Å². The predicted molar refractivity (Wildman–Crippen MR) is 97.0 cm³/mol. The Hall–Kier alpha value is -3.54. The highest BCUT2D eigenvalue weighted by molar-refractivity contribution is 5.98. The van der Waals surface area contributed by atoms with Crippen LogP contribution in [-0.4, -0.2) is 15.0 Å². The molecule has 122 valence electrons. The molecule has 0 aliphatic carbocycles. The maximum atomic E-state index is 14.2. The summed E-state index contributed by atoms with van der Waals surface area (Å²) in [6.07, 6.45) is 3.23. The van der Waals surface area contributed by atoms with E-state index in [4.69, 9.17) is 11.5 Å². The van der Waals surface area contributed by atoms with Gasteiger partial charge in [-0.25, -0.2) is 14.4 Å². The van der Waals surface area contributed by atoms with Crippen molar-refractivity contribution < 1.29 is 4.39 Å². The van der Waals surface area contributed by atoms with E-state index in [0.29, 0.717) is 39.5 Å². The van der Waals surface area contributed by atoms with Crippen molar-refractivity contribution in [3.8, 4) is 22.5 Å². The van der Waals surface area contributed by atoms with Gasteiger partial charge in [-0.1, -0.05) is 12.1 Å². The molecule has 1 aromatic carbocycles. The van der Waals surface area contributed by atoms with E-state index in [-0.39, 0.29) is 5.82 Å². The minimum absolute atomic E-state index is 0.357. The molecular formula is C19H14FN5. The fraction of sp³-hybridized carbons (Fsp3) is 0. The third-order valence-corrected chi connectivity index (χ3v) is 4.01. The first-order chi connectivity index (χ1) is 12.1. The summed E-state index contributed by atoms with van der Waals surface area (Å²) < 4.78 is 14.2. The summed E-state index contributed by atoms with van der Waals surface area (Å²) >= 11 is 0. The average molecular weight is 331 g/mol. The van der Waals surface area contributed by atoms with E-state index in [1.165, 1.54) is 6.07 Å². The zero-order chi connectivity index (χ0) is 17.4. The predicted octanol–water partition coefficient (Wildman–Crippen LogP) is 3.66. The molecule has 0 saturated heterocycles. The lowest BCUT2D eigenvalue weighted by atomic mass is 10.0. The molecule has 0 spiro atoms. The Morgan fingerprint density at radius 3 is 2.52 bits per heavy atom. The third kappa shape index (κ3) is 2.53. The molecule has 3 heterocycles.